The Balaban J connectivity index is 1.77. The average molecular weight is 256 g/mol. The van der Waals surface area contributed by atoms with Gasteiger partial charge < -0.3 is 4.90 Å². The quantitative estimate of drug-likeness (QED) is 0.717. The highest BCUT2D eigenvalue weighted by molar-refractivity contribution is 7.22. The smallest absolute Gasteiger partial charge is 0.186 e. The molecule has 92 valence electrons. The van der Waals surface area contributed by atoms with Crippen molar-refractivity contribution in [3.63, 3.8) is 0 Å². The summed E-state index contributed by atoms with van der Waals surface area (Å²) in [6.07, 6.45) is 4.93. The van der Waals surface area contributed by atoms with E-state index in [9.17, 15) is 0 Å². The Kier molecular flexibility index (Phi) is 2.24. The third kappa shape index (κ3) is 1.50. The number of thiazole rings is 1. The maximum Gasteiger partial charge on any atom is 0.186 e. The molecule has 0 amide bonds. The summed E-state index contributed by atoms with van der Waals surface area (Å²) in [6.45, 7) is 4.18. The Morgan fingerprint density at radius 2 is 1.89 bits per heavy atom. The van der Waals surface area contributed by atoms with Gasteiger partial charge in [-0.2, -0.15) is 0 Å². The summed E-state index contributed by atoms with van der Waals surface area (Å²) < 4.78 is 1.30. The van der Waals surface area contributed by atoms with Crippen LogP contribution >= 0.6 is 11.3 Å². The first-order chi connectivity index (χ1) is 8.81. The number of para-hydroxylation sites is 1. The summed E-state index contributed by atoms with van der Waals surface area (Å²) >= 11 is 1.84. The van der Waals surface area contributed by atoms with Gasteiger partial charge in [0, 0.05) is 12.1 Å². The first-order valence-electron chi connectivity index (χ1n) is 6.62. The fourth-order valence-electron chi connectivity index (χ4n) is 3.39. The Morgan fingerprint density at radius 3 is 2.61 bits per heavy atom. The Labute approximate surface area is 111 Å². The third-order valence-corrected chi connectivity index (χ3v) is 5.22. The molecule has 1 aromatic carbocycles. The molecule has 2 fully saturated rings. The summed E-state index contributed by atoms with van der Waals surface area (Å²) in [5.74, 6) is 0. The van der Waals surface area contributed by atoms with E-state index >= 15 is 0 Å². The molecule has 2 aliphatic heterocycles. The van der Waals surface area contributed by atoms with Crippen molar-refractivity contribution in [1.29, 1.82) is 0 Å². The van der Waals surface area contributed by atoms with Gasteiger partial charge in [-0.15, -0.1) is 0 Å². The van der Waals surface area contributed by atoms with Crippen molar-refractivity contribution in [1.82, 2.24) is 4.98 Å². The van der Waals surface area contributed by atoms with E-state index in [0.717, 1.165) is 18.4 Å². The van der Waals surface area contributed by atoms with Crippen molar-refractivity contribution in [3.05, 3.63) is 36.4 Å². The molecule has 3 heterocycles. The topological polar surface area (TPSA) is 16.1 Å². The van der Waals surface area contributed by atoms with Crippen LogP contribution in [0.5, 0.6) is 0 Å². The molecule has 2 nitrogen and oxygen atoms in total. The lowest BCUT2D eigenvalue weighted by Gasteiger charge is -2.35. The largest absolute Gasteiger partial charge is 0.341 e. The van der Waals surface area contributed by atoms with Crippen molar-refractivity contribution in [2.24, 2.45) is 0 Å². The number of fused-ring (bicyclic) bond motifs is 3. The Hall–Kier alpha value is -1.35. The third-order valence-electron chi connectivity index (χ3n) is 4.17. The van der Waals surface area contributed by atoms with E-state index in [1.54, 1.807) is 0 Å². The lowest BCUT2D eigenvalue weighted by molar-refractivity contribution is 0.551. The van der Waals surface area contributed by atoms with E-state index < -0.39 is 0 Å². The van der Waals surface area contributed by atoms with Crippen LogP contribution in [0.1, 0.15) is 25.7 Å². The molecule has 2 unspecified atom stereocenters. The molecule has 2 saturated heterocycles. The second-order valence-corrected chi connectivity index (χ2v) is 6.42. The maximum atomic E-state index is 4.82. The predicted octanol–water partition coefficient (Wildman–Crippen LogP) is 3.98. The van der Waals surface area contributed by atoms with Gasteiger partial charge in [-0.05, 0) is 37.8 Å². The van der Waals surface area contributed by atoms with Crippen molar-refractivity contribution >= 4 is 26.7 Å². The zero-order chi connectivity index (χ0) is 12.1. The molecule has 2 aromatic rings. The monoisotopic (exact) mass is 256 g/mol. The van der Waals surface area contributed by atoms with Crippen LogP contribution in [0, 0.1) is 0 Å². The number of piperidine rings is 1. The molecule has 0 aliphatic carbocycles. The standard InChI is InChI=1S/C15H16N2S/c1-10-8-11-6-7-12(9-10)17(11)15-16-13-4-2-3-5-14(13)18-15/h2-5,11-12H,1,6-9H2. The molecular weight excluding hydrogens is 240 g/mol. The van der Waals surface area contributed by atoms with Crippen molar-refractivity contribution in [3.8, 4) is 0 Å². The summed E-state index contributed by atoms with van der Waals surface area (Å²) in [7, 11) is 0. The van der Waals surface area contributed by atoms with Gasteiger partial charge >= 0.3 is 0 Å². The lowest BCUT2D eigenvalue weighted by atomic mass is 9.99. The van der Waals surface area contributed by atoms with Crippen LogP contribution in [-0.4, -0.2) is 17.1 Å². The van der Waals surface area contributed by atoms with Crippen LogP contribution in [0.25, 0.3) is 10.2 Å². The van der Waals surface area contributed by atoms with Gasteiger partial charge in [-0.3, -0.25) is 0 Å². The molecule has 2 bridgehead atoms. The number of hydrogen-bond acceptors (Lipinski definition) is 3. The zero-order valence-electron chi connectivity index (χ0n) is 10.3. The maximum absolute atomic E-state index is 4.82. The average Bonchev–Trinajstić information content (AvgIpc) is 2.88. The van der Waals surface area contributed by atoms with Gasteiger partial charge in [0.2, 0.25) is 0 Å². The summed E-state index contributed by atoms with van der Waals surface area (Å²) in [4.78, 5) is 7.39. The van der Waals surface area contributed by atoms with E-state index in [0.29, 0.717) is 12.1 Å². The van der Waals surface area contributed by atoms with Crippen molar-refractivity contribution in [2.45, 2.75) is 37.8 Å². The van der Waals surface area contributed by atoms with Crippen LogP contribution in [0.3, 0.4) is 0 Å². The minimum atomic E-state index is 0.650. The molecular formula is C15H16N2S. The first kappa shape index (κ1) is 10.6. The number of nitrogens with zero attached hydrogens (tertiary/aromatic N) is 2. The minimum absolute atomic E-state index is 0.650. The SMILES string of the molecule is C=C1CC2CCC(C1)N2c1nc2ccccc2s1. The number of rotatable bonds is 1. The molecule has 0 spiro atoms. The van der Waals surface area contributed by atoms with Crippen molar-refractivity contribution < 1.29 is 0 Å². The van der Waals surface area contributed by atoms with Crippen LogP contribution in [0.4, 0.5) is 5.13 Å². The molecule has 18 heavy (non-hydrogen) atoms. The number of hydrogen-bond donors (Lipinski definition) is 0. The zero-order valence-corrected chi connectivity index (χ0v) is 11.1. The van der Waals surface area contributed by atoms with Crippen LogP contribution in [0.2, 0.25) is 0 Å². The molecule has 1 aromatic heterocycles. The van der Waals surface area contributed by atoms with Crippen LogP contribution in [-0.2, 0) is 0 Å². The fourth-order valence-corrected chi connectivity index (χ4v) is 4.50. The number of anilines is 1. The highest BCUT2D eigenvalue weighted by atomic mass is 32.1. The first-order valence-corrected chi connectivity index (χ1v) is 7.43. The van der Waals surface area contributed by atoms with Gasteiger partial charge in [0.15, 0.2) is 5.13 Å². The van der Waals surface area contributed by atoms with Gasteiger partial charge in [0.1, 0.15) is 0 Å². The molecule has 0 radical (unpaired) electrons. The molecule has 0 saturated carbocycles. The summed E-state index contributed by atoms with van der Waals surface area (Å²) in [5, 5.41) is 1.22. The van der Waals surface area contributed by atoms with Gasteiger partial charge in [-0.25, -0.2) is 4.98 Å². The van der Waals surface area contributed by atoms with Crippen molar-refractivity contribution in [2.75, 3.05) is 4.90 Å². The van der Waals surface area contributed by atoms with Crippen LogP contribution < -0.4 is 4.90 Å². The molecule has 2 aliphatic rings. The second kappa shape index (κ2) is 3.82. The van der Waals surface area contributed by atoms with Gasteiger partial charge in [-0.1, -0.05) is 35.6 Å². The second-order valence-electron chi connectivity index (χ2n) is 5.41. The van der Waals surface area contributed by atoms with Gasteiger partial charge in [0.05, 0.1) is 10.2 Å². The van der Waals surface area contributed by atoms with Gasteiger partial charge in [0.25, 0.3) is 0 Å². The van der Waals surface area contributed by atoms with Crippen LogP contribution in [0.15, 0.2) is 36.4 Å². The van der Waals surface area contributed by atoms with E-state index in [1.165, 1.54) is 28.2 Å². The molecule has 4 rings (SSSR count). The normalized spacial score (nSPS) is 27.1. The Morgan fingerprint density at radius 1 is 1.17 bits per heavy atom. The molecule has 3 heteroatoms. The molecule has 2 atom stereocenters. The highest BCUT2D eigenvalue weighted by Gasteiger charge is 2.39. The summed E-state index contributed by atoms with van der Waals surface area (Å²) in [6, 6.07) is 9.74. The van der Waals surface area contributed by atoms with E-state index in [1.807, 2.05) is 11.3 Å². The number of aromatic nitrogens is 1. The van der Waals surface area contributed by atoms with E-state index in [4.69, 9.17) is 4.98 Å². The number of benzene rings is 1. The van der Waals surface area contributed by atoms with E-state index in [2.05, 4.69) is 35.7 Å². The highest BCUT2D eigenvalue weighted by Crippen LogP contribution is 2.43. The fraction of sp³-hybridized carbons (Fsp3) is 0.400. The molecule has 0 N–H and O–H groups in total. The van der Waals surface area contributed by atoms with E-state index in [-0.39, 0.29) is 0 Å². The Bertz CT molecular complexity index is 567. The summed E-state index contributed by atoms with van der Waals surface area (Å²) in [5.41, 5.74) is 2.57. The predicted molar refractivity (Wildman–Crippen MR) is 77.3 cm³/mol. The minimum Gasteiger partial charge on any atom is -0.341 e. The lowest BCUT2D eigenvalue weighted by Crippen LogP contribution is -2.40.